The molecule has 2 rings (SSSR count). The maximum absolute atomic E-state index is 12.2. The predicted molar refractivity (Wildman–Crippen MR) is 83.6 cm³/mol. The summed E-state index contributed by atoms with van der Waals surface area (Å²) in [6.07, 6.45) is 3.26. The van der Waals surface area contributed by atoms with Crippen LogP contribution >= 0.6 is 21.6 Å². The maximum atomic E-state index is 12.2. The Morgan fingerprint density at radius 2 is 2.09 bits per heavy atom. The Bertz CT molecular complexity index is 537. The number of amides is 2. The van der Waals surface area contributed by atoms with E-state index >= 15 is 0 Å². The van der Waals surface area contributed by atoms with Crippen LogP contribution in [0.5, 0.6) is 0 Å². The molecule has 0 saturated carbocycles. The fraction of sp³-hybridized carbons (Fsp3) is 0.429. The summed E-state index contributed by atoms with van der Waals surface area (Å²) in [4.78, 5) is 44.3. The molecule has 0 bridgehead atoms. The van der Waals surface area contributed by atoms with Gasteiger partial charge in [0.1, 0.15) is 10.3 Å². The van der Waals surface area contributed by atoms with Crippen molar-refractivity contribution in [3.05, 3.63) is 24.4 Å². The Labute approximate surface area is 136 Å². The first kappa shape index (κ1) is 16.8. The lowest BCUT2D eigenvalue weighted by Gasteiger charge is -2.17. The number of hydrogen-bond donors (Lipinski definition) is 0. The van der Waals surface area contributed by atoms with Crippen molar-refractivity contribution in [2.75, 3.05) is 0 Å². The van der Waals surface area contributed by atoms with E-state index in [1.165, 1.54) is 21.6 Å². The van der Waals surface area contributed by atoms with Crippen LogP contribution in [0, 0.1) is 0 Å². The Hall–Kier alpha value is -1.54. The molecule has 1 aliphatic rings. The maximum Gasteiger partial charge on any atom is 0.346 e. The summed E-state index contributed by atoms with van der Waals surface area (Å²) in [5.41, 5.74) is 0. The first-order valence-corrected chi connectivity index (χ1v) is 9.15. The van der Waals surface area contributed by atoms with Crippen LogP contribution in [0.25, 0.3) is 0 Å². The van der Waals surface area contributed by atoms with Gasteiger partial charge in [0.25, 0.3) is 11.8 Å². The summed E-state index contributed by atoms with van der Waals surface area (Å²) in [5.74, 6) is -1.49. The lowest BCUT2D eigenvalue weighted by molar-refractivity contribution is -0.197. The lowest BCUT2D eigenvalue weighted by atomic mass is 10.2. The van der Waals surface area contributed by atoms with E-state index < -0.39 is 23.0 Å². The van der Waals surface area contributed by atoms with Crippen molar-refractivity contribution in [1.82, 2.24) is 10.0 Å². The molecule has 0 aromatic carbocycles. The third kappa shape index (κ3) is 4.48. The normalized spacial score (nSPS) is 16.0. The fourth-order valence-electron chi connectivity index (χ4n) is 1.78. The zero-order chi connectivity index (χ0) is 15.9. The van der Waals surface area contributed by atoms with Gasteiger partial charge in [-0.15, -0.1) is 5.06 Å². The molecule has 0 N–H and O–H groups in total. The first-order valence-electron chi connectivity index (χ1n) is 6.93. The molecule has 1 aromatic heterocycles. The van der Waals surface area contributed by atoms with E-state index in [4.69, 9.17) is 4.84 Å². The number of rotatable bonds is 7. The molecule has 2 amide bonds. The highest BCUT2D eigenvalue weighted by atomic mass is 33.1. The monoisotopic (exact) mass is 340 g/mol. The molecule has 1 unspecified atom stereocenters. The van der Waals surface area contributed by atoms with Gasteiger partial charge in [-0.1, -0.05) is 30.2 Å². The second kappa shape index (κ2) is 8.19. The summed E-state index contributed by atoms with van der Waals surface area (Å²) < 4.78 is 0. The van der Waals surface area contributed by atoms with E-state index in [0.717, 1.165) is 11.4 Å². The first-order chi connectivity index (χ1) is 10.6. The molecule has 1 aromatic rings. The Morgan fingerprint density at radius 1 is 1.36 bits per heavy atom. The van der Waals surface area contributed by atoms with Gasteiger partial charge in [0.15, 0.2) is 0 Å². The Balaban J connectivity index is 1.93. The SMILES string of the molecule is CCCC(SSc1ccccn1)C(=O)ON1C(=O)CCC1=O. The van der Waals surface area contributed by atoms with Crippen LogP contribution in [0.3, 0.4) is 0 Å². The van der Waals surface area contributed by atoms with Crippen LogP contribution in [0.1, 0.15) is 32.6 Å². The van der Waals surface area contributed by atoms with Crippen molar-refractivity contribution in [2.24, 2.45) is 0 Å². The zero-order valence-electron chi connectivity index (χ0n) is 12.1. The van der Waals surface area contributed by atoms with Crippen LogP contribution in [0.15, 0.2) is 29.4 Å². The van der Waals surface area contributed by atoms with Gasteiger partial charge >= 0.3 is 5.97 Å². The Morgan fingerprint density at radius 3 is 2.68 bits per heavy atom. The summed E-state index contributed by atoms with van der Waals surface area (Å²) in [5, 5.41) is 0.921. The molecule has 2 heterocycles. The van der Waals surface area contributed by atoms with Crippen LogP contribution in [0.2, 0.25) is 0 Å². The quantitative estimate of drug-likeness (QED) is 0.558. The number of aromatic nitrogens is 1. The number of hydrogen-bond acceptors (Lipinski definition) is 7. The van der Waals surface area contributed by atoms with Gasteiger partial charge in [0.2, 0.25) is 0 Å². The van der Waals surface area contributed by atoms with Crippen molar-refractivity contribution in [3.8, 4) is 0 Å². The van der Waals surface area contributed by atoms with Crippen LogP contribution in [-0.4, -0.2) is 33.1 Å². The summed E-state index contributed by atoms with van der Waals surface area (Å²) in [6.45, 7) is 1.96. The third-order valence-electron chi connectivity index (χ3n) is 2.89. The minimum Gasteiger partial charge on any atom is -0.329 e. The average Bonchev–Trinajstić information content (AvgIpc) is 2.84. The molecular formula is C14H16N2O4S2. The molecule has 22 heavy (non-hydrogen) atoms. The van der Waals surface area contributed by atoms with Gasteiger partial charge in [-0.25, -0.2) is 9.78 Å². The van der Waals surface area contributed by atoms with Crippen molar-refractivity contribution in [3.63, 3.8) is 0 Å². The van der Waals surface area contributed by atoms with Crippen LogP contribution in [-0.2, 0) is 19.2 Å². The van der Waals surface area contributed by atoms with Crippen molar-refractivity contribution in [2.45, 2.75) is 42.9 Å². The van der Waals surface area contributed by atoms with Crippen molar-refractivity contribution >= 4 is 39.4 Å². The van der Waals surface area contributed by atoms with Gasteiger partial charge in [0.05, 0.1) is 0 Å². The van der Waals surface area contributed by atoms with Crippen LogP contribution < -0.4 is 0 Å². The third-order valence-corrected chi connectivity index (χ3v) is 5.56. The average molecular weight is 340 g/mol. The highest BCUT2D eigenvalue weighted by molar-refractivity contribution is 8.77. The number of pyridine rings is 1. The number of imide groups is 1. The summed E-state index contributed by atoms with van der Waals surface area (Å²) in [6, 6.07) is 5.53. The molecule has 1 fully saturated rings. The molecule has 6 nitrogen and oxygen atoms in total. The zero-order valence-corrected chi connectivity index (χ0v) is 13.7. The molecule has 0 radical (unpaired) electrons. The summed E-state index contributed by atoms with van der Waals surface area (Å²) >= 11 is 0. The van der Waals surface area contributed by atoms with E-state index in [2.05, 4.69) is 4.98 Å². The van der Waals surface area contributed by atoms with Gasteiger partial charge < -0.3 is 4.84 Å². The van der Waals surface area contributed by atoms with Crippen LogP contribution in [0.4, 0.5) is 0 Å². The smallest absolute Gasteiger partial charge is 0.329 e. The topological polar surface area (TPSA) is 76.6 Å². The molecule has 1 atom stereocenters. The number of carbonyl (C=O) groups excluding carboxylic acids is 3. The van der Waals surface area contributed by atoms with E-state index in [1.54, 1.807) is 6.20 Å². The van der Waals surface area contributed by atoms with Gasteiger partial charge in [0, 0.05) is 19.0 Å². The lowest BCUT2D eigenvalue weighted by Crippen LogP contribution is -2.35. The predicted octanol–water partition coefficient (Wildman–Crippen LogP) is 2.60. The number of nitrogens with zero attached hydrogens (tertiary/aromatic N) is 2. The van der Waals surface area contributed by atoms with Crippen molar-refractivity contribution < 1.29 is 19.2 Å². The van der Waals surface area contributed by atoms with E-state index in [9.17, 15) is 14.4 Å². The standard InChI is InChI=1S/C14H16N2O4S2/c1-2-5-10(21-22-11-6-3-4-9-15-11)14(19)20-16-12(17)7-8-13(16)18/h3-4,6,9-10H,2,5,7-8H2,1H3. The van der Waals surface area contributed by atoms with E-state index in [-0.39, 0.29) is 12.8 Å². The molecule has 0 spiro atoms. The van der Waals surface area contributed by atoms with Gasteiger partial charge in [-0.05, 0) is 29.3 Å². The van der Waals surface area contributed by atoms with E-state index in [1.807, 2.05) is 25.1 Å². The molecule has 118 valence electrons. The van der Waals surface area contributed by atoms with Crippen molar-refractivity contribution in [1.29, 1.82) is 0 Å². The molecule has 1 aliphatic heterocycles. The number of hydroxylamine groups is 2. The minimum absolute atomic E-state index is 0.0976. The molecule has 1 saturated heterocycles. The highest BCUT2D eigenvalue weighted by Gasteiger charge is 2.35. The number of carbonyl (C=O) groups is 3. The minimum atomic E-state index is -0.570. The van der Waals surface area contributed by atoms with Gasteiger partial charge in [-0.3, -0.25) is 9.59 Å². The summed E-state index contributed by atoms with van der Waals surface area (Å²) in [7, 11) is 2.70. The van der Waals surface area contributed by atoms with Gasteiger partial charge in [-0.2, -0.15) is 0 Å². The fourth-order valence-corrected chi connectivity index (χ4v) is 4.15. The highest BCUT2D eigenvalue weighted by Crippen LogP contribution is 2.35. The largest absolute Gasteiger partial charge is 0.346 e. The molecule has 0 aliphatic carbocycles. The van der Waals surface area contributed by atoms with E-state index in [0.29, 0.717) is 11.5 Å². The second-order valence-electron chi connectivity index (χ2n) is 4.62. The Kier molecular flexibility index (Phi) is 6.26. The molecule has 8 heteroatoms. The second-order valence-corrected chi connectivity index (χ2v) is 7.04. The molecular weight excluding hydrogens is 324 g/mol.